The maximum Gasteiger partial charge on any atom is 0.170 e. The quantitative estimate of drug-likeness (QED) is 0.200. The Morgan fingerprint density at radius 2 is 0.904 bits per heavy atom. The molecule has 0 radical (unpaired) electrons. The maximum atomic E-state index is 6.42. The zero-order valence-corrected chi connectivity index (χ0v) is 32.8. The number of benzene rings is 4. The number of ether oxygens (including phenoxy) is 2. The predicted molar refractivity (Wildman–Crippen MR) is 220 cm³/mol. The van der Waals surface area contributed by atoms with Gasteiger partial charge in [-0.15, -0.1) is 0 Å². The van der Waals surface area contributed by atoms with Crippen LogP contribution in [0.4, 0.5) is 22.7 Å². The predicted octanol–water partition coefficient (Wildman–Crippen LogP) is 9.20. The molecule has 0 N–H and O–H groups in total. The molecule has 2 saturated heterocycles. The lowest BCUT2D eigenvalue weighted by Crippen LogP contribution is -2.51. The monoisotopic (exact) mass is 696 g/mol. The third-order valence-electron chi connectivity index (χ3n) is 11.9. The largest absolute Gasteiger partial charge is 0.378 e. The molecule has 0 saturated carbocycles. The smallest absolute Gasteiger partial charge is 0.170 e. The molecule has 2 fully saturated rings. The van der Waals surface area contributed by atoms with Crippen molar-refractivity contribution in [2.24, 2.45) is 0 Å². The third-order valence-corrected chi connectivity index (χ3v) is 11.9. The van der Waals surface area contributed by atoms with Crippen LogP contribution in [0, 0.1) is 13.8 Å². The SMILES string of the molecule is Cc1ccc2c(c1)C(C)(C)C1(C=Cc3ccc(N(C)C)cc3)OCCN21.Cc1ccc2c(c1)C(C)(C)C1(C=Cc3ccc(N(C)C)cc3)OCCN21. The molecular weight excluding hydrogens is 641 g/mol. The van der Waals surface area contributed by atoms with Crippen LogP contribution in [0.25, 0.3) is 12.2 Å². The Bertz CT molecular complexity index is 1850. The first kappa shape index (κ1) is 35.9. The summed E-state index contributed by atoms with van der Waals surface area (Å²) >= 11 is 0. The highest BCUT2D eigenvalue weighted by Gasteiger charge is 2.60. The van der Waals surface area contributed by atoms with Crippen LogP contribution in [0.15, 0.2) is 97.1 Å². The van der Waals surface area contributed by atoms with Crippen LogP contribution in [0.5, 0.6) is 0 Å². The van der Waals surface area contributed by atoms with Crippen LogP contribution >= 0.6 is 0 Å². The molecule has 0 bridgehead atoms. The minimum atomic E-state index is -0.413. The van der Waals surface area contributed by atoms with Gasteiger partial charge in [-0.2, -0.15) is 0 Å². The van der Waals surface area contributed by atoms with Crippen LogP contribution in [0.2, 0.25) is 0 Å². The van der Waals surface area contributed by atoms with E-state index in [1.54, 1.807) is 0 Å². The molecule has 272 valence electrons. The van der Waals surface area contributed by atoms with Crippen molar-refractivity contribution in [1.82, 2.24) is 0 Å². The second kappa shape index (κ2) is 13.2. The van der Waals surface area contributed by atoms with Crippen molar-refractivity contribution < 1.29 is 9.47 Å². The van der Waals surface area contributed by atoms with Crippen molar-refractivity contribution in [1.29, 1.82) is 0 Å². The van der Waals surface area contributed by atoms with Gasteiger partial charge >= 0.3 is 0 Å². The highest BCUT2D eigenvalue weighted by Crippen LogP contribution is 2.56. The fraction of sp³-hybridized carbons (Fsp3) is 0.391. The molecule has 6 nitrogen and oxygen atoms in total. The Morgan fingerprint density at radius 3 is 1.25 bits per heavy atom. The van der Waals surface area contributed by atoms with Crippen LogP contribution in [0.1, 0.15) is 61.1 Å². The van der Waals surface area contributed by atoms with Gasteiger partial charge in [0.25, 0.3) is 0 Å². The average molecular weight is 697 g/mol. The maximum absolute atomic E-state index is 6.42. The molecular formula is C46H56N4O2. The molecule has 4 aromatic rings. The van der Waals surface area contributed by atoms with Gasteiger partial charge in [0, 0.05) is 74.9 Å². The van der Waals surface area contributed by atoms with E-state index in [9.17, 15) is 0 Å². The first-order valence-electron chi connectivity index (χ1n) is 18.7. The number of nitrogens with zero attached hydrogens (tertiary/aromatic N) is 4. The summed E-state index contributed by atoms with van der Waals surface area (Å²) in [5, 5.41) is 0. The summed E-state index contributed by atoms with van der Waals surface area (Å²) in [6, 6.07) is 30.8. The van der Waals surface area contributed by atoms with Gasteiger partial charge in [-0.1, -0.05) is 99.5 Å². The summed E-state index contributed by atoms with van der Waals surface area (Å²) in [7, 11) is 8.26. The summed E-state index contributed by atoms with van der Waals surface area (Å²) in [5.74, 6) is 0. The molecule has 2 unspecified atom stereocenters. The lowest BCUT2D eigenvalue weighted by atomic mass is 9.77. The van der Waals surface area contributed by atoms with E-state index in [0.717, 1.165) is 26.3 Å². The fourth-order valence-electron chi connectivity index (χ4n) is 8.74. The van der Waals surface area contributed by atoms with Gasteiger partial charge in [0.15, 0.2) is 11.4 Å². The van der Waals surface area contributed by atoms with E-state index < -0.39 is 11.4 Å². The molecule has 52 heavy (non-hydrogen) atoms. The molecule has 4 aromatic carbocycles. The van der Waals surface area contributed by atoms with Gasteiger partial charge in [0.1, 0.15) is 0 Å². The van der Waals surface area contributed by atoms with E-state index in [4.69, 9.17) is 9.47 Å². The molecule has 4 heterocycles. The van der Waals surface area contributed by atoms with E-state index in [0.29, 0.717) is 0 Å². The lowest BCUT2D eigenvalue weighted by molar-refractivity contribution is 0.000269. The first-order valence-corrected chi connectivity index (χ1v) is 18.7. The molecule has 0 spiro atoms. The molecule has 4 aliphatic heterocycles. The highest BCUT2D eigenvalue weighted by atomic mass is 16.5. The van der Waals surface area contributed by atoms with Gasteiger partial charge in [-0.3, -0.25) is 0 Å². The summed E-state index contributed by atoms with van der Waals surface area (Å²) in [6.07, 6.45) is 8.94. The summed E-state index contributed by atoms with van der Waals surface area (Å²) in [4.78, 5) is 9.11. The van der Waals surface area contributed by atoms with Crippen molar-refractivity contribution in [2.45, 2.75) is 63.8 Å². The van der Waals surface area contributed by atoms with Gasteiger partial charge in [0.2, 0.25) is 0 Å². The molecule has 4 aliphatic rings. The third kappa shape index (κ3) is 5.71. The van der Waals surface area contributed by atoms with Gasteiger partial charge < -0.3 is 29.1 Å². The number of fused-ring (bicyclic) bond motifs is 6. The number of hydrogen-bond donors (Lipinski definition) is 0. The first-order chi connectivity index (χ1) is 24.7. The van der Waals surface area contributed by atoms with Gasteiger partial charge in [-0.25, -0.2) is 0 Å². The molecule has 0 aromatic heterocycles. The summed E-state index contributed by atoms with van der Waals surface area (Å²) in [6.45, 7) is 16.9. The Balaban J connectivity index is 0.000000162. The lowest BCUT2D eigenvalue weighted by Gasteiger charge is -2.39. The van der Waals surface area contributed by atoms with Crippen molar-refractivity contribution in [3.05, 3.63) is 130 Å². The van der Waals surface area contributed by atoms with Crippen LogP contribution in [-0.2, 0) is 20.3 Å². The second-order valence-electron chi connectivity index (χ2n) is 16.3. The standard InChI is InChI=1S/2C23H28N2O/c2*1-17-6-11-21-20(16-17)22(2,3)23(25(21)14-15-26-23)13-12-18-7-9-19(10-8-18)24(4)5/h2*6-13,16H,14-15H2,1-5H3. The van der Waals surface area contributed by atoms with Crippen molar-refractivity contribution >= 4 is 34.9 Å². The zero-order valence-electron chi connectivity index (χ0n) is 32.8. The molecule has 8 rings (SSSR count). The van der Waals surface area contributed by atoms with Crippen LogP contribution in [0.3, 0.4) is 0 Å². The van der Waals surface area contributed by atoms with Crippen molar-refractivity contribution in [3.63, 3.8) is 0 Å². The Morgan fingerprint density at radius 1 is 0.538 bits per heavy atom. The number of hydrogen-bond acceptors (Lipinski definition) is 6. The molecule has 6 heteroatoms. The second-order valence-corrected chi connectivity index (χ2v) is 16.3. The fourth-order valence-corrected chi connectivity index (χ4v) is 8.74. The van der Waals surface area contributed by atoms with Crippen LogP contribution < -0.4 is 19.6 Å². The number of anilines is 4. The van der Waals surface area contributed by atoms with E-state index in [1.807, 2.05) is 0 Å². The van der Waals surface area contributed by atoms with E-state index >= 15 is 0 Å². The number of aryl methyl sites for hydroxylation is 2. The van der Waals surface area contributed by atoms with E-state index in [1.165, 1.54) is 56.1 Å². The molecule has 0 aliphatic carbocycles. The Kier molecular flexibility index (Phi) is 9.07. The summed E-state index contributed by atoms with van der Waals surface area (Å²) < 4.78 is 12.8. The molecule has 0 amide bonds. The summed E-state index contributed by atoms with van der Waals surface area (Å²) in [5.41, 5.74) is 11.8. The average Bonchev–Trinajstić information content (AvgIpc) is 3.84. The Hall–Kier alpha value is -4.52. The Labute approximate surface area is 312 Å². The van der Waals surface area contributed by atoms with Crippen LogP contribution in [-0.4, -0.2) is 65.9 Å². The normalized spacial score (nSPS) is 23.3. The van der Waals surface area contributed by atoms with E-state index in [2.05, 4.69) is 199 Å². The van der Waals surface area contributed by atoms with Crippen molar-refractivity contribution in [2.75, 3.05) is 74.1 Å². The molecule has 2 atom stereocenters. The van der Waals surface area contributed by atoms with E-state index in [-0.39, 0.29) is 10.8 Å². The van der Waals surface area contributed by atoms with Gasteiger partial charge in [-0.05, 0) is 84.7 Å². The zero-order chi connectivity index (χ0) is 37.1. The highest BCUT2D eigenvalue weighted by molar-refractivity contribution is 5.72. The van der Waals surface area contributed by atoms with Crippen molar-refractivity contribution in [3.8, 4) is 0 Å². The topological polar surface area (TPSA) is 31.4 Å². The minimum Gasteiger partial charge on any atom is -0.378 e. The van der Waals surface area contributed by atoms with Gasteiger partial charge in [0.05, 0.1) is 13.2 Å². The minimum absolute atomic E-state index is 0.106. The number of rotatable bonds is 6.